The van der Waals surface area contributed by atoms with Gasteiger partial charge in [-0.05, 0) is 25.5 Å². The SMILES string of the molecule is CCOC(=O)C(C)C(=O)Cc1cc(OC)cc(OC)c1C(=O)OC. The fourth-order valence-corrected chi connectivity index (χ4v) is 2.14. The van der Waals surface area contributed by atoms with E-state index in [9.17, 15) is 14.4 Å². The van der Waals surface area contributed by atoms with Crippen LogP contribution < -0.4 is 9.47 Å². The number of Topliss-reactive ketones (excluding diaryl/α,β-unsaturated/α-hetero) is 1. The second-order valence-electron chi connectivity index (χ2n) is 4.97. The van der Waals surface area contributed by atoms with Crippen molar-refractivity contribution in [1.29, 1.82) is 0 Å². The molecule has 0 saturated heterocycles. The van der Waals surface area contributed by atoms with E-state index in [4.69, 9.17) is 18.9 Å². The molecule has 1 unspecified atom stereocenters. The van der Waals surface area contributed by atoms with Crippen LogP contribution in [0.5, 0.6) is 11.5 Å². The van der Waals surface area contributed by atoms with E-state index in [2.05, 4.69) is 0 Å². The molecular weight excluding hydrogens is 316 g/mol. The fraction of sp³-hybridized carbons (Fsp3) is 0.471. The number of carbonyl (C=O) groups excluding carboxylic acids is 3. The van der Waals surface area contributed by atoms with Gasteiger partial charge >= 0.3 is 11.9 Å². The Morgan fingerprint density at radius 1 is 1.08 bits per heavy atom. The number of carbonyl (C=O) groups is 3. The average molecular weight is 338 g/mol. The normalized spacial score (nSPS) is 11.4. The molecular formula is C17H22O7. The minimum atomic E-state index is -0.937. The molecule has 0 saturated carbocycles. The summed E-state index contributed by atoms with van der Waals surface area (Å²) in [5, 5.41) is 0. The van der Waals surface area contributed by atoms with Crippen molar-refractivity contribution >= 4 is 17.7 Å². The molecule has 0 heterocycles. The Morgan fingerprint density at radius 3 is 2.25 bits per heavy atom. The maximum absolute atomic E-state index is 12.4. The van der Waals surface area contributed by atoms with E-state index in [1.165, 1.54) is 34.3 Å². The number of methoxy groups -OCH3 is 3. The van der Waals surface area contributed by atoms with Crippen molar-refractivity contribution < 1.29 is 33.3 Å². The first kappa shape index (κ1) is 19.5. The Hall–Kier alpha value is -2.57. The summed E-state index contributed by atoms with van der Waals surface area (Å²) in [5.41, 5.74) is 0.490. The molecule has 132 valence electrons. The van der Waals surface area contributed by atoms with Crippen molar-refractivity contribution in [1.82, 2.24) is 0 Å². The molecule has 0 amide bonds. The Labute approximate surface area is 140 Å². The molecule has 0 fully saturated rings. The monoisotopic (exact) mass is 338 g/mol. The molecule has 0 bridgehead atoms. The van der Waals surface area contributed by atoms with Crippen LogP contribution in [-0.4, -0.2) is 45.7 Å². The minimum absolute atomic E-state index is 0.130. The van der Waals surface area contributed by atoms with Gasteiger partial charge in [0.25, 0.3) is 0 Å². The molecule has 7 heteroatoms. The van der Waals surface area contributed by atoms with E-state index in [-0.39, 0.29) is 30.1 Å². The fourth-order valence-electron chi connectivity index (χ4n) is 2.14. The maximum Gasteiger partial charge on any atom is 0.341 e. The first-order valence-corrected chi connectivity index (χ1v) is 7.42. The lowest BCUT2D eigenvalue weighted by Gasteiger charge is -2.15. The summed E-state index contributed by atoms with van der Waals surface area (Å²) in [6.45, 7) is 3.32. The van der Waals surface area contributed by atoms with Crippen LogP contribution in [0.4, 0.5) is 0 Å². The molecule has 7 nitrogen and oxygen atoms in total. The van der Waals surface area contributed by atoms with Crippen molar-refractivity contribution in [2.24, 2.45) is 5.92 Å². The quantitative estimate of drug-likeness (QED) is 0.527. The van der Waals surface area contributed by atoms with E-state index in [0.29, 0.717) is 11.3 Å². The molecule has 1 aromatic carbocycles. The van der Waals surface area contributed by atoms with Gasteiger partial charge in [0.2, 0.25) is 0 Å². The van der Waals surface area contributed by atoms with Gasteiger partial charge in [0.15, 0.2) is 5.78 Å². The van der Waals surface area contributed by atoms with Crippen LogP contribution in [0.1, 0.15) is 29.8 Å². The largest absolute Gasteiger partial charge is 0.497 e. The number of rotatable bonds is 8. The van der Waals surface area contributed by atoms with Gasteiger partial charge in [0.05, 0.1) is 27.9 Å². The lowest BCUT2D eigenvalue weighted by atomic mass is 9.95. The van der Waals surface area contributed by atoms with E-state index < -0.39 is 17.9 Å². The topological polar surface area (TPSA) is 88.1 Å². The van der Waals surface area contributed by atoms with Crippen LogP contribution in [0.3, 0.4) is 0 Å². The highest BCUT2D eigenvalue weighted by molar-refractivity contribution is 6.02. The van der Waals surface area contributed by atoms with Gasteiger partial charge in [0, 0.05) is 12.5 Å². The van der Waals surface area contributed by atoms with Crippen LogP contribution in [0.15, 0.2) is 12.1 Å². The summed E-state index contributed by atoms with van der Waals surface area (Å²) < 4.78 is 20.0. The van der Waals surface area contributed by atoms with E-state index in [1.807, 2.05) is 0 Å². The van der Waals surface area contributed by atoms with Gasteiger partial charge in [-0.1, -0.05) is 0 Å². The number of benzene rings is 1. The first-order chi connectivity index (χ1) is 11.4. The summed E-state index contributed by atoms with van der Waals surface area (Å²) in [7, 11) is 4.09. The third kappa shape index (κ3) is 4.47. The molecule has 0 aliphatic rings. The highest BCUT2D eigenvalue weighted by Gasteiger charge is 2.27. The predicted octanol–water partition coefficient (Wildman–Crippen LogP) is 1.80. The predicted molar refractivity (Wildman–Crippen MR) is 85.4 cm³/mol. The molecule has 0 aliphatic carbocycles. The van der Waals surface area contributed by atoms with Crippen LogP contribution in [0.25, 0.3) is 0 Å². The van der Waals surface area contributed by atoms with Crippen LogP contribution >= 0.6 is 0 Å². The lowest BCUT2D eigenvalue weighted by molar-refractivity contribution is -0.150. The average Bonchev–Trinajstić information content (AvgIpc) is 2.59. The molecule has 24 heavy (non-hydrogen) atoms. The third-order valence-corrected chi connectivity index (χ3v) is 3.49. The number of ether oxygens (including phenoxy) is 4. The summed E-state index contributed by atoms with van der Waals surface area (Å²) in [4.78, 5) is 36.1. The Balaban J connectivity index is 3.23. The van der Waals surface area contributed by atoms with E-state index in [0.717, 1.165) is 0 Å². The second-order valence-corrected chi connectivity index (χ2v) is 4.97. The standard InChI is InChI=1S/C17H22O7/c1-6-24-16(19)10(2)13(18)8-11-7-12(21-3)9-14(22-4)15(11)17(20)23-5/h7,9-10H,6,8H2,1-5H3. The highest BCUT2D eigenvalue weighted by Crippen LogP contribution is 2.30. The summed E-state index contributed by atoms with van der Waals surface area (Å²) in [5.74, 6) is -1.90. The number of ketones is 1. The second kappa shape index (κ2) is 8.90. The lowest BCUT2D eigenvalue weighted by Crippen LogP contribution is -2.25. The van der Waals surface area contributed by atoms with Crippen molar-refractivity contribution in [2.45, 2.75) is 20.3 Å². The maximum atomic E-state index is 12.4. The van der Waals surface area contributed by atoms with Gasteiger partial charge in [-0.2, -0.15) is 0 Å². The zero-order valence-corrected chi connectivity index (χ0v) is 14.5. The zero-order valence-electron chi connectivity index (χ0n) is 14.5. The summed E-state index contributed by atoms with van der Waals surface area (Å²) in [6, 6.07) is 3.07. The van der Waals surface area contributed by atoms with Gasteiger partial charge in [-0.15, -0.1) is 0 Å². The van der Waals surface area contributed by atoms with Crippen molar-refractivity contribution in [3.63, 3.8) is 0 Å². The summed E-state index contributed by atoms with van der Waals surface area (Å²) in [6.07, 6.45) is -0.155. The Morgan fingerprint density at radius 2 is 1.75 bits per heavy atom. The van der Waals surface area contributed by atoms with Crippen molar-refractivity contribution in [2.75, 3.05) is 27.9 Å². The van der Waals surface area contributed by atoms with Gasteiger partial charge in [-0.3, -0.25) is 9.59 Å². The molecule has 0 radical (unpaired) electrons. The molecule has 0 N–H and O–H groups in total. The van der Waals surface area contributed by atoms with Gasteiger partial charge in [0.1, 0.15) is 23.0 Å². The van der Waals surface area contributed by atoms with Crippen LogP contribution in [-0.2, 0) is 25.5 Å². The van der Waals surface area contributed by atoms with Crippen LogP contribution in [0, 0.1) is 5.92 Å². The van der Waals surface area contributed by atoms with Gasteiger partial charge < -0.3 is 18.9 Å². The number of hydrogen-bond donors (Lipinski definition) is 0. The molecule has 0 spiro atoms. The third-order valence-electron chi connectivity index (χ3n) is 3.49. The highest BCUT2D eigenvalue weighted by atomic mass is 16.5. The zero-order chi connectivity index (χ0) is 18.3. The van der Waals surface area contributed by atoms with Crippen molar-refractivity contribution in [3.8, 4) is 11.5 Å². The Kier molecular flexibility index (Phi) is 7.23. The molecule has 1 atom stereocenters. The first-order valence-electron chi connectivity index (χ1n) is 7.42. The van der Waals surface area contributed by atoms with E-state index >= 15 is 0 Å². The minimum Gasteiger partial charge on any atom is -0.497 e. The van der Waals surface area contributed by atoms with Crippen LogP contribution in [0.2, 0.25) is 0 Å². The summed E-state index contributed by atoms with van der Waals surface area (Å²) >= 11 is 0. The molecule has 0 aliphatic heterocycles. The Bertz CT molecular complexity index is 622. The van der Waals surface area contributed by atoms with Gasteiger partial charge in [-0.25, -0.2) is 4.79 Å². The van der Waals surface area contributed by atoms with E-state index in [1.54, 1.807) is 13.0 Å². The molecule has 1 aromatic rings. The smallest absolute Gasteiger partial charge is 0.341 e. The number of esters is 2. The molecule has 1 rings (SSSR count). The van der Waals surface area contributed by atoms with Crippen molar-refractivity contribution in [3.05, 3.63) is 23.3 Å². The number of hydrogen-bond acceptors (Lipinski definition) is 7. The molecule has 0 aromatic heterocycles.